The van der Waals surface area contributed by atoms with Crippen molar-refractivity contribution < 1.29 is 19.0 Å². The van der Waals surface area contributed by atoms with E-state index in [4.69, 9.17) is 20.7 Å². The van der Waals surface area contributed by atoms with E-state index < -0.39 is 25.4 Å². The van der Waals surface area contributed by atoms with Crippen molar-refractivity contribution in [2.75, 3.05) is 45.5 Å². The van der Waals surface area contributed by atoms with E-state index in [9.17, 15) is 19.4 Å². The first-order valence-electron chi connectivity index (χ1n) is 10.0. The van der Waals surface area contributed by atoms with Gasteiger partial charge in [-0.3, -0.25) is 0 Å². The Labute approximate surface area is 170 Å². The fourth-order valence-electron chi connectivity index (χ4n) is 3.24. The average molecular weight is 435 g/mol. The molecule has 1 aliphatic heterocycles. The molecule has 11 nitrogen and oxygen atoms in total. The molecular formula is C17H34N5O6P. The predicted octanol–water partition coefficient (Wildman–Crippen LogP) is -1.29. The molecule has 0 saturated carbocycles. The maximum absolute atomic E-state index is 11.9. The molecule has 1 aromatic heterocycles. The third kappa shape index (κ3) is 8.23. The van der Waals surface area contributed by atoms with Crippen LogP contribution >= 0.6 is 7.94 Å². The second-order valence-electron chi connectivity index (χ2n) is 7.24. The van der Waals surface area contributed by atoms with E-state index in [-0.39, 0.29) is 18.9 Å². The Morgan fingerprint density at radius 1 is 1.21 bits per heavy atom. The van der Waals surface area contributed by atoms with Crippen LogP contribution in [0.4, 0.5) is 0 Å². The van der Waals surface area contributed by atoms with Crippen LogP contribution in [0.15, 0.2) is 21.9 Å². The number of aromatic amines is 1. The molecular weight excluding hydrogens is 401 g/mol. The Balaban J connectivity index is 1.79. The average Bonchev–Trinajstić information content (AvgIpc) is 3.15. The molecule has 168 valence electrons. The zero-order chi connectivity index (χ0) is 21.3. The Hall–Kier alpha value is -1.17. The summed E-state index contributed by atoms with van der Waals surface area (Å²) >= 11 is 0. The van der Waals surface area contributed by atoms with E-state index >= 15 is 0 Å². The molecule has 1 aliphatic rings. The number of rotatable bonds is 13. The standard InChI is InChI=1S/C17H34N5O6P/c18-6-1-8-21(9-2-7-19)11-12-29(25,26)27-13-14-3-4-16(28-14)22-10-5-15(23)20-17(22)24/h5,10,14,16,25-26,29H,1-4,6-9,11-13,18-19H2,(H,20,23,24)/t14-,16+/m0/s1. The van der Waals surface area contributed by atoms with Crippen molar-refractivity contribution in [3.8, 4) is 0 Å². The van der Waals surface area contributed by atoms with E-state index in [0.29, 0.717) is 32.5 Å². The summed E-state index contributed by atoms with van der Waals surface area (Å²) in [6.07, 6.45) is 3.52. The van der Waals surface area contributed by atoms with E-state index in [1.54, 1.807) is 0 Å². The molecule has 7 N–H and O–H groups in total. The van der Waals surface area contributed by atoms with Crippen molar-refractivity contribution in [1.82, 2.24) is 14.5 Å². The minimum absolute atomic E-state index is 0.0411. The van der Waals surface area contributed by atoms with Crippen LogP contribution in [0.3, 0.4) is 0 Å². The molecule has 0 spiro atoms. The third-order valence-corrected chi connectivity index (χ3v) is 6.36. The molecule has 1 fully saturated rings. The van der Waals surface area contributed by atoms with Crippen LogP contribution in [-0.4, -0.2) is 75.8 Å². The first-order chi connectivity index (χ1) is 13.8. The molecule has 0 aromatic carbocycles. The Morgan fingerprint density at radius 3 is 2.52 bits per heavy atom. The molecule has 0 aliphatic carbocycles. The summed E-state index contributed by atoms with van der Waals surface area (Å²) in [6.45, 7) is 3.26. The van der Waals surface area contributed by atoms with E-state index in [1.807, 2.05) is 0 Å². The summed E-state index contributed by atoms with van der Waals surface area (Å²) in [5, 5.41) is 0. The summed E-state index contributed by atoms with van der Waals surface area (Å²) in [5.41, 5.74) is 10.1. The van der Waals surface area contributed by atoms with Gasteiger partial charge in [-0.1, -0.05) is 0 Å². The predicted molar refractivity (Wildman–Crippen MR) is 112 cm³/mol. The number of aromatic nitrogens is 2. The van der Waals surface area contributed by atoms with Gasteiger partial charge in [0, 0.05) is 0 Å². The maximum atomic E-state index is 11.9. The Morgan fingerprint density at radius 2 is 1.90 bits per heavy atom. The molecule has 2 heterocycles. The van der Waals surface area contributed by atoms with Gasteiger partial charge in [0.1, 0.15) is 0 Å². The van der Waals surface area contributed by atoms with Crippen molar-refractivity contribution in [2.45, 2.75) is 38.0 Å². The van der Waals surface area contributed by atoms with Gasteiger partial charge in [-0.15, -0.1) is 0 Å². The summed E-state index contributed by atoms with van der Waals surface area (Å²) in [6, 6.07) is 1.26. The van der Waals surface area contributed by atoms with Gasteiger partial charge < -0.3 is 0 Å². The summed E-state index contributed by atoms with van der Waals surface area (Å²) in [5.74, 6) is 0. The van der Waals surface area contributed by atoms with Crippen molar-refractivity contribution in [2.24, 2.45) is 11.5 Å². The number of hydrogen-bond donors (Lipinski definition) is 5. The first kappa shape index (κ1) is 24.1. The first-order valence-corrected chi connectivity index (χ1v) is 12.0. The number of nitrogens with one attached hydrogen (secondary N) is 1. The summed E-state index contributed by atoms with van der Waals surface area (Å²) in [4.78, 5) is 47.9. The van der Waals surface area contributed by atoms with Crippen molar-refractivity contribution in [3.63, 3.8) is 0 Å². The van der Waals surface area contributed by atoms with Crippen molar-refractivity contribution >= 4 is 7.94 Å². The molecule has 2 atom stereocenters. The number of hydrogen-bond acceptors (Lipinski definition) is 9. The monoisotopic (exact) mass is 435 g/mol. The van der Waals surface area contributed by atoms with Crippen LogP contribution in [0.2, 0.25) is 0 Å². The molecule has 0 bridgehead atoms. The molecule has 0 radical (unpaired) electrons. The van der Waals surface area contributed by atoms with Crippen molar-refractivity contribution in [1.29, 1.82) is 0 Å². The fourth-order valence-corrected chi connectivity index (χ4v) is 4.44. The zero-order valence-electron chi connectivity index (χ0n) is 16.7. The van der Waals surface area contributed by atoms with Gasteiger partial charge in [-0.2, -0.15) is 0 Å². The second-order valence-corrected chi connectivity index (χ2v) is 9.51. The SMILES string of the molecule is NCCCN(CCCN)CC[PH](O)(O)OC[C@@H]1CC[C@H](n2ccc(=O)[nH]c2=O)O1. The quantitative estimate of drug-likeness (QED) is 0.237. The Bertz CT molecular complexity index is 719. The van der Waals surface area contributed by atoms with Gasteiger partial charge >= 0.3 is 170 Å². The van der Waals surface area contributed by atoms with Crippen LogP contribution in [0.25, 0.3) is 0 Å². The van der Waals surface area contributed by atoms with E-state index in [2.05, 4.69) is 9.88 Å². The van der Waals surface area contributed by atoms with Crippen LogP contribution in [0, 0.1) is 0 Å². The van der Waals surface area contributed by atoms with Crippen molar-refractivity contribution in [3.05, 3.63) is 33.1 Å². The minimum atomic E-state index is -3.83. The van der Waals surface area contributed by atoms with Gasteiger partial charge in [-0.05, 0) is 0 Å². The second kappa shape index (κ2) is 11.9. The Kier molecular flexibility index (Phi) is 9.87. The van der Waals surface area contributed by atoms with Crippen LogP contribution in [0.1, 0.15) is 31.9 Å². The number of H-pyrrole nitrogens is 1. The van der Waals surface area contributed by atoms with Crippen LogP contribution < -0.4 is 22.7 Å². The molecule has 29 heavy (non-hydrogen) atoms. The molecule has 2 rings (SSSR count). The number of nitrogens with zero attached hydrogens (tertiary/aromatic N) is 2. The van der Waals surface area contributed by atoms with Gasteiger partial charge in [0.25, 0.3) is 0 Å². The van der Waals surface area contributed by atoms with E-state index in [1.165, 1.54) is 16.8 Å². The van der Waals surface area contributed by atoms with Gasteiger partial charge in [-0.25, -0.2) is 0 Å². The summed E-state index contributed by atoms with van der Waals surface area (Å²) < 4.78 is 12.5. The normalized spacial score (nSPS) is 20.4. The number of nitrogens with two attached hydrogens (primary N) is 2. The van der Waals surface area contributed by atoms with E-state index in [0.717, 1.165) is 25.9 Å². The van der Waals surface area contributed by atoms with Crippen LogP contribution in [-0.2, 0) is 9.26 Å². The zero-order valence-corrected chi connectivity index (χ0v) is 17.7. The third-order valence-electron chi connectivity index (χ3n) is 4.86. The molecule has 0 amide bonds. The molecule has 1 aromatic rings. The topological polar surface area (TPSA) is 169 Å². The fraction of sp³-hybridized carbons (Fsp3) is 0.765. The number of ether oxygens (including phenoxy) is 1. The van der Waals surface area contributed by atoms with Gasteiger partial charge in [0.05, 0.1) is 0 Å². The van der Waals surface area contributed by atoms with Gasteiger partial charge in [0.15, 0.2) is 0 Å². The molecule has 1 saturated heterocycles. The molecule has 0 unspecified atom stereocenters. The summed E-state index contributed by atoms with van der Waals surface area (Å²) in [7, 11) is -3.83. The van der Waals surface area contributed by atoms with Gasteiger partial charge in [0.2, 0.25) is 0 Å². The van der Waals surface area contributed by atoms with Crippen LogP contribution in [0.5, 0.6) is 0 Å². The molecule has 12 heteroatoms.